The lowest BCUT2D eigenvalue weighted by Gasteiger charge is -2.10. The summed E-state index contributed by atoms with van der Waals surface area (Å²) in [5, 5.41) is 11.4. The summed E-state index contributed by atoms with van der Waals surface area (Å²) in [5.74, 6) is -0.988. The third-order valence-corrected chi connectivity index (χ3v) is 2.27. The number of carbonyl (C=O) groups is 2. The summed E-state index contributed by atoms with van der Waals surface area (Å²) in [7, 11) is 0. The molecule has 0 saturated heterocycles. The number of aromatic nitrogens is 1. The van der Waals surface area contributed by atoms with Gasteiger partial charge in [0, 0.05) is 19.2 Å². The maximum atomic E-state index is 11.2. The van der Waals surface area contributed by atoms with E-state index < -0.39 is 11.9 Å². The Morgan fingerprint density at radius 1 is 1.53 bits per heavy atom. The van der Waals surface area contributed by atoms with Crippen molar-refractivity contribution in [3.8, 4) is 0 Å². The zero-order valence-corrected chi connectivity index (χ0v) is 9.56. The normalized spacial score (nSPS) is 9.94. The predicted octanol–water partition coefficient (Wildman–Crippen LogP) is 0.766. The van der Waals surface area contributed by atoms with Crippen molar-refractivity contribution in [1.82, 2.24) is 4.98 Å². The molecule has 0 unspecified atom stereocenters. The Hall–Kier alpha value is -2.11. The number of hydrogen-bond donors (Lipinski definition) is 3. The number of carboxylic acids is 1. The van der Waals surface area contributed by atoms with Crippen molar-refractivity contribution in [1.29, 1.82) is 0 Å². The molecule has 1 amide bonds. The van der Waals surface area contributed by atoms with Gasteiger partial charge in [-0.1, -0.05) is 0 Å². The van der Waals surface area contributed by atoms with Gasteiger partial charge in [0.15, 0.2) is 0 Å². The number of amides is 1. The number of rotatable bonds is 6. The summed E-state index contributed by atoms with van der Waals surface area (Å²) in [6, 6.07) is 1.70. The molecule has 6 heteroatoms. The molecule has 92 valence electrons. The van der Waals surface area contributed by atoms with E-state index in [2.05, 4.69) is 10.3 Å². The Bertz CT molecular complexity index is 432. The average molecular weight is 237 g/mol. The number of nitrogens with two attached hydrogens (primary N) is 1. The number of carboxylic acid groups (broad SMARTS) is 1. The average Bonchev–Trinajstić information content (AvgIpc) is 2.23. The van der Waals surface area contributed by atoms with E-state index in [1.54, 1.807) is 19.2 Å². The minimum absolute atomic E-state index is 0.0741. The van der Waals surface area contributed by atoms with Crippen LogP contribution in [-0.2, 0) is 4.79 Å². The van der Waals surface area contributed by atoms with Gasteiger partial charge in [-0.2, -0.15) is 0 Å². The molecule has 1 rings (SSSR count). The molecule has 0 aliphatic heterocycles. The van der Waals surface area contributed by atoms with Crippen molar-refractivity contribution in [2.45, 2.75) is 19.8 Å². The number of hydrogen-bond acceptors (Lipinski definition) is 4. The lowest BCUT2D eigenvalue weighted by Crippen LogP contribution is -2.17. The van der Waals surface area contributed by atoms with E-state index in [1.807, 2.05) is 0 Å². The second kappa shape index (κ2) is 5.83. The maximum Gasteiger partial charge on any atom is 0.303 e. The summed E-state index contributed by atoms with van der Waals surface area (Å²) >= 11 is 0. The minimum atomic E-state index is -0.848. The number of primary amides is 1. The molecule has 0 aromatic carbocycles. The number of aliphatic carboxylic acids is 1. The van der Waals surface area contributed by atoms with E-state index in [-0.39, 0.29) is 6.42 Å². The maximum absolute atomic E-state index is 11.2. The first-order chi connectivity index (χ1) is 8.02. The number of anilines is 1. The van der Waals surface area contributed by atoms with Gasteiger partial charge in [-0.25, -0.2) is 4.98 Å². The summed E-state index contributed by atoms with van der Waals surface area (Å²) in [6.07, 6.45) is 2.11. The zero-order chi connectivity index (χ0) is 12.8. The highest BCUT2D eigenvalue weighted by molar-refractivity contribution is 5.98. The largest absolute Gasteiger partial charge is 0.481 e. The first kappa shape index (κ1) is 13.0. The van der Waals surface area contributed by atoms with E-state index in [0.717, 1.165) is 5.56 Å². The number of pyridine rings is 1. The first-order valence-corrected chi connectivity index (χ1v) is 5.23. The highest BCUT2D eigenvalue weighted by atomic mass is 16.4. The summed E-state index contributed by atoms with van der Waals surface area (Å²) in [5.41, 5.74) is 6.35. The Kier molecular flexibility index (Phi) is 4.45. The quantitative estimate of drug-likeness (QED) is 0.633. The molecule has 4 N–H and O–H groups in total. The van der Waals surface area contributed by atoms with Crippen LogP contribution in [0.2, 0.25) is 0 Å². The predicted molar refractivity (Wildman–Crippen MR) is 62.9 cm³/mol. The molecule has 1 heterocycles. The molecule has 1 aromatic rings. The summed E-state index contributed by atoms with van der Waals surface area (Å²) in [6.45, 7) is 2.20. The van der Waals surface area contributed by atoms with Crippen LogP contribution >= 0.6 is 0 Å². The van der Waals surface area contributed by atoms with Gasteiger partial charge in [-0.05, 0) is 25.0 Å². The lowest BCUT2D eigenvalue weighted by molar-refractivity contribution is -0.137. The Morgan fingerprint density at radius 3 is 2.82 bits per heavy atom. The molecule has 0 aliphatic carbocycles. The van der Waals surface area contributed by atoms with Gasteiger partial charge in [0.25, 0.3) is 5.91 Å². The summed E-state index contributed by atoms with van der Waals surface area (Å²) < 4.78 is 0. The van der Waals surface area contributed by atoms with Crippen LogP contribution in [0.5, 0.6) is 0 Å². The van der Waals surface area contributed by atoms with Crippen molar-refractivity contribution in [3.05, 3.63) is 23.4 Å². The molecule has 0 atom stereocenters. The van der Waals surface area contributed by atoms with Crippen LogP contribution in [-0.4, -0.2) is 28.5 Å². The summed E-state index contributed by atoms with van der Waals surface area (Å²) in [4.78, 5) is 25.6. The molecule has 0 radical (unpaired) electrons. The van der Waals surface area contributed by atoms with Crippen molar-refractivity contribution in [2.24, 2.45) is 5.73 Å². The highest BCUT2D eigenvalue weighted by Crippen LogP contribution is 2.15. The number of nitrogens with one attached hydrogen (secondary N) is 1. The minimum Gasteiger partial charge on any atom is -0.481 e. The fourth-order valence-corrected chi connectivity index (χ4v) is 1.45. The second-order valence-corrected chi connectivity index (χ2v) is 3.64. The molecule has 1 aromatic heterocycles. The van der Waals surface area contributed by atoms with Crippen LogP contribution in [0.4, 0.5) is 5.82 Å². The SMILES string of the molecule is Cc1ccnc(NCCCC(=O)O)c1C(N)=O. The molecular formula is C11H15N3O3. The molecule has 17 heavy (non-hydrogen) atoms. The van der Waals surface area contributed by atoms with E-state index in [1.165, 1.54) is 0 Å². The Labute approximate surface area is 98.8 Å². The topological polar surface area (TPSA) is 105 Å². The molecule has 0 spiro atoms. The van der Waals surface area contributed by atoms with E-state index in [4.69, 9.17) is 10.8 Å². The van der Waals surface area contributed by atoms with Gasteiger partial charge >= 0.3 is 5.97 Å². The number of nitrogens with zero attached hydrogens (tertiary/aromatic N) is 1. The Balaban J connectivity index is 2.67. The van der Waals surface area contributed by atoms with Crippen LogP contribution < -0.4 is 11.1 Å². The fraction of sp³-hybridized carbons (Fsp3) is 0.364. The number of carbonyl (C=O) groups excluding carboxylic acids is 1. The van der Waals surface area contributed by atoms with E-state index in [0.29, 0.717) is 24.3 Å². The first-order valence-electron chi connectivity index (χ1n) is 5.23. The van der Waals surface area contributed by atoms with Crippen molar-refractivity contribution < 1.29 is 14.7 Å². The smallest absolute Gasteiger partial charge is 0.303 e. The van der Waals surface area contributed by atoms with Gasteiger partial charge in [0.1, 0.15) is 5.82 Å². The van der Waals surface area contributed by atoms with Crippen molar-refractivity contribution in [2.75, 3.05) is 11.9 Å². The fourth-order valence-electron chi connectivity index (χ4n) is 1.45. The van der Waals surface area contributed by atoms with Crippen LogP contribution in [0.1, 0.15) is 28.8 Å². The van der Waals surface area contributed by atoms with Gasteiger partial charge in [0.2, 0.25) is 0 Å². The molecule has 6 nitrogen and oxygen atoms in total. The van der Waals surface area contributed by atoms with Crippen LogP contribution in [0.3, 0.4) is 0 Å². The second-order valence-electron chi connectivity index (χ2n) is 3.64. The van der Waals surface area contributed by atoms with Gasteiger partial charge in [-0.3, -0.25) is 9.59 Å². The van der Waals surface area contributed by atoms with Gasteiger partial charge < -0.3 is 16.2 Å². The standard InChI is InChI=1S/C11H15N3O3/c1-7-4-6-14-11(9(7)10(12)17)13-5-2-3-8(15)16/h4,6H,2-3,5H2,1H3,(H2,12,17)(H,13,14)(H,15,16). The number of aryl methyl sites for hydroxylation is 1. The van der Waals surface area contributed by atoms with Crippen LogP contribution in [0, 0.1) is 6.92 Å². The molecule has 0 saturated carbocycles. The van der Waals surface area contributed by atoms with Crippen molar-refractivity contribution >= 4 is 17.7 Å². The molecular weight excluding hydrogens is 222 g/mol. The zero-order valence-electron chi connectivity index (χ0n) is 9.56. The lowest BCUT2D eigenvalue weighted by atomic mass is 10.1. The molecule has 0 fully saturated rings. The monoisotopic (exact) mass is 237 g/mol. The van der Waals surface area contributed by atoms with Crippen LogP contribution in [0.15, 0.2) is 12.3 Å². The van der Waals surface area contributed by atoms with E-state index >= 15 is 0 Å². The van der Waals surface area contributed by atoms with E-state index in [9.17, 15) is 9.59 Å². The third-order valence-electron chi connectivity index (χ3n) is 2.27. The van der Waals surface area contributed by atoms with Gasteiger partial charge in [0.05, 0.1) is 5.56 Å². The highest BCUT2D eigenvalue weighted by Gasteiger charge is 2.11. The van der Waals surface area contributed by atoms with Crippen molar-refractivity contribution in [3.63, 3.8) is 0 Å². The van der Waals surface area contributed by atoms with Crippen LogP contribution in [0.25, 0.3) is 0 Å². The Morgan fingerprint density at radius 2 is 2.24 bits per heavy atom. The molecule has 0 bridgehead atoms. The molecule has 0 aliphatic rings. The third kappa shape index (κ3) is 3.75. The van der Waals surface area contributed by atoms with Gasteiger partial charge in [-0.15, -0.1) is 0 Å².